The predicted molar refractivity (Wildman–Crippen MR) is 79.1 cm³/mol. The van der Waals surface area contributed by atoms with Crippen LogP contribution < -0.4 is 5.43 Å². The number of phenols is 2. The van der Waals surface area contributed by atoms with Gasteiger partial charge in [0, 0.05) is 22.7 Å². The molecule has 0 radical (unpaired) electrons. The van der Waals surface area contributed by atoms with Crippen LogP contribution in [0.25, 0.3) is 0 Å². The number of halogens is 1. The van der Waals surface area contributed by atoms with Crippen LogP contribution in [0.3, 0.4) is 0 Å². The Morgan fingerprint density at radius 3 is 2.67 bits per heavy atom. The molecule has 21 heavy (non-hydrogen) atoms. The number of hydrogen-bond acceptors (Lipinski definition) is 6. The fraction of sp³-hybridized carbons (Fsp3) is 0. The lowest BCUT2D eigenvalue weighted by Gasteiger charge is -2.02. The molecule has 0 bridgehead atoms. The first-order valence-corrected chi connectivity index (χ1v) is 6.10. The van der Waals surface area contributed by atoms with Crippen LogP contribution in [0.15, 0.2) is 41.5 Å². The zero-order valence-corrected chi connectivity index (χ0v) is 11.3. The van der Waals surface area contributed by atoms with Gasteiger partial charge in [0.15, 0.2) is 5.75 Å². The summed E-state index contributed by atoms with van der Waals surface area (Å²) in [6, 6.07) is 8.70. The number of phenolic OH excluding ortho intramolecular Hbond substituents is 2. The number of nitrogens with one attached hydrogen (secondary N) is 1. The van der Waals surface area contributed by atoms with E-state index >= 15 is 0 Å². The molecule has 0 saturated heterocycles. The van der Waals surface area contributed by atoms with Gasteiger partial charge in [-0.1, -0.05) is 17.7 Å². The lowest BCUT2D eigenvalue weighted by molar-refractivity contribution is -0.385. The fourth-order valence-corrected chi connectivity index (χ4v) is 1.76. The maximum absolute atomic E-state index is 10.7. The molecule has 0 heterocycles. The SMILES string of the molecule is O=[N+]([O-])c1cc(C=NNc2cccc(Cl)c2)c(O)cc1O. The van der Waals surface area contributed by atoms with E-state index in [4.69, 9.17) is 11.6 Å². The summed E-state index contributed by atoms with van der Waals surface area (Å²) in [4.78, 5) is 9.95. The first-order chi connectivity index (χ1) is 9.97. The van der Waals surface area contributed by atoms with Crippen molar-refractivity contribution in [2.24, 2.45) is 5.10 Å². The van der Waals surface area contributed by atoms with Crippen LogP contribution >= 0.6 is 11.6 Å². The number of anilines is 1. The molecule has 8 heteroatoms. The first kappa shape index (κ1) is 14.6. The molecule has 0 atom stereocenters. The zero-order chi connectivity index (χ0) is 15.4. The van der Waals surface area contributed by atoms with Gasteiger partial charge < -0.3 is 10.2 Å². The Labute approximate surface area is 124 Å². The summed E-state index contributed by atoms with van der Waals surface area (Å²) in [5, 5.41) is 34.0. The number of hydrogen-bond donors (Lipinski definition) is 3. The second kappa shape index (κ2) is 6.10. The Hall–Kier alpha value is -2.80. The molecule has 0 saturated carbocycles. The lowest BCUT2D eigenvalue weighted by atomic mass is 10.2. The van der Waals surface area contributed by atoms with Gasteiger partial charge in [0.2, 0.25) is 0 Å². The predicted octanol–water partition coefficient (Wildman–Crippen LogP) is 3.11. The van der Waals surface area contributed by atoms with Gasteiger partial charge in [-0.15, -0.1) is 0 Å². The number of rotatable bonds is 4. The molecule has 3 N–H and O–H groups in total. The van der Waals surface area contributed by atoms with Crippen LogP contribution in [0.1, 0.15) is 5.56 Å². The third kappa shape index (κ3) is 3.61. The normalized spacial score (nSPS) is 10.7. The molecule has 108 valence electrons. The molecular formula is C13H10ClN3O4. The van der Waals surface area contributed by atoms with Crippen LogP contribution in [0.2, 0.25) is 5.02 Å². The average Bonchev–Trinajstić information content (AvgIpc) is 2.41. The minimum Gasteiger partial charge on any atom is -0.507 e. The molecule has 7 nitrogen and oxygen atoms in total. The Morgan fingerprint density at radius 1 is 1.24 bits per heavy atom. The van der Waals surface area contributed by atoms with Crippen molar-refractivity contribution >= 4 is 29.2 Å². The molecule has 0 spiro atoms. The van der Waals surface area contributed by atoms with E-state index in [1.165, 1.54) is 6.21 Å². The Balaban J connectivity index is 2.21. The van der Waals surface area contributed by atoms with E-state index in [-0.39, 0.29) is 11.3 Å². The van der Waals surface area contributed by atoms with E-state index in [1.807, 2.05) is 0 Å². The first-order valence-electron chi connectivity index (χ1n) is 5.72. The van der Waals surface area contributed by atoms with E-state index in [9.17, 15) is 20.3 Å². The number of nitrogens with zero attached hydrogens (tertiary/aromatic N) is 2. The van der Waals surface area contributed by atoms with Gasteiger partial charge >= 0.3 is 5.69 Å². The second-order valence-corrected chi connectivity index (χ2v) is 4.47. The molecule has 0 amide bonds. The molecular weight excluding hydrogens is 298 g/mol. The summed E-state index contributed by atoms with van der Waals surface area (Å²) < 4.78 is 0. The van der Waals surface area contributed by atoms with E-state index in [0.29, 0.717) is 10.7 Å². The summed E-state index contributed by atoms with van der Waals surface area (Å²) in [6.07, 6.45) is 1.20. The number of hydrazone groups is 1. The molecule has 2 aromatic rings. The van der Waals surface area contributed by atoms with Crippen molar-refractivity contribution in [2.75, 3.05) is 5.43 Å². The van der Waals surface area contributed by atoms with Crippen molar-refractivity contribution in [3.8, 4) is 11.5 Å². The van der Waals surface area contributed by atoms with Gasteiger partial charge in [-0.25, -0.2) is 0 Å². The summed E-state index contributed by atoms with van der Waals surface area (Å²) in [7, 11) is 0. The summed E-state index contributed by atoms with van der Waals surface area (Å²) in [5.41, 5.74) is 2.86. The molecule has 2 aromatic carbocycles. The smallest absolute Gasteiger partial charge is 0.311 e. The number of nitro benzene ring substituents is 1. The van der Waals surface area contributed by atoms with Crippen molar-refractivity contribution in [1.29, 1.82) is 0 Å². The molecule has 0 aromatic heterocycles. The van der Waals surface area contributed by atoms with Crippen LogP contribution in [0.5, 0.6) is 11.5 Å². The minimum atomic E-state index is -0.753. The van der Waals surface area contributed by atoms with Crippen molar-refractivity contribution in [3.05, 3.63) is 57.1 Å². The fourth-order valence-electron chi connectivity index (χ4n) is 1.57. The van der Waals surface area contributed by atoms with Gasteiger partial charge in [0.1, 0.15) is 5.75 Å². The number of nitro groups is 1. The average molecular weight is 308 g/mol. The number of aromatic hydroxyl groups is 2. The van der Waals surface area contributed by atoms with E-state index < -0.39 is 16.4 Å². The second-order valence-electron chi connectivity index (χ2n) is 4.04. The van der Waals surface area contributed by atoms with E-state index in [2.05, 4.69) is 10.5 Å². The highest BCUT2D eigenvalue weighted by Gasteiger charge is 2.16. The molecule has 0 unspecified atom stereocenters. The third-order valence-corrected chi connectivity index (χ3v) is 2.78. The van der Waals surface area contributed by atoms with Crippen molar-refractivity contribution < 1.29 is 15.1 Å². The van der Waals surface area contributed by atoms with Crippen LogP contribution in [0.4, 0.5) is 11.4 Å². The maximum atomic E-state index is 10.7. The zero-order valence-electron chi connectivity index (χ0n) is 10.5. The quantitative estimate of drug-likeness (QED) is 0.457. The van der Waals surface area contributed by atoms with Gasteiger partial charge in [-0.3, -0.25) is 15.5 Å². The monoisotopic (exact) mass is 307 g/mol. The Morgan fingerprint density at radius 2 is 2.00 bits per heavy atom. The van der Waals surface area contributed by atoms with Crippen molar-refractivity contribution in [2.45, 2.75) is 0 Å². The van der Waals surface area contributed by atoms with Crippen LogP contribution in [0, 0.1) is 10.1 Å². The molecule has 2 rings (SSSR count). The summed E-state index contributed by atoms with van der Waals surface area (Å²) >= 11 is 5.80. The highest BCUT2D eigenvalue weighted by molar-refractivity contribution is 6.30. The molecule has 0 aliphatic rings. The van der Waals surface area contributed by atoms with Crippen LogP contribution in [-0.4, -0.2) is 21.4 Å². The van der Waals surface area contributed by atoms with Gasteiger partial charge in [0.05, 0.1) is 16.8 Å². The molecule has 0 fully saturated rings. The molecule has 0 aliphatic carbocycles. The van der Waals surface area contributed by atoms with Crippen molar-refractivity contribution in [1.82, 2.24) is 0 Å². The highest BCUT2D eigenvalue weighted by atomic mass is 35.5. The minimum absolute atomic E-state index is 0.0917. The maximum Gasteiger partial charge on any atom is 0.311 e. The molecule has 0 aliphatic heterocycles. The Kier molecular flexibility index (Phi) is 4.24. The van der Waals surface area contributed by atoms with E-state index in [0.717, 1.165) is 12.1 Å². The van der Waals surface area contributed by atoms with Gasteiger partial charge in [-0.05, 0) is 18.2 Å². The van der Waals surface area contributed by atoms with Gasteiger partial charge in [-0.2, -0.15) is 5.10 Å². The van der Waals surface area contributed by atoms with E-state index in [1.54, 1.807) is 24.3 Å². The van der Waals surface area contributed by atoms with Crippen LogP contribution in [-0.2, 0) is 0 Å². The van der Waals surface area contributed by atoms with Crippen molar-refractivity contribution in [3.63, 3.8) is 0 Å². The highest BCUT2D eigenvalue weighted by Crippen LogP contribution is 2.32. The third-order valence-electron chi connectivity index (χ3n) is 2.54. The lowest BCUT2D eigenvalue weighted by Crippen LogP contribution is -1.94. The van der Waals surface area contributed by atoms with Gasteiger partial charge in [0.25, 0.3) is 0 Å². The summed E-state index contributed by atoms with van der Waals surface area (Å²) in [6.45, 7) is 0. The number of benzene rings is 2. The standard InChI is InChI=1S/C13H10ClN3O4/c14-9-2-1-3-10(5-9)16-15-7-8-4-11(17(20)21)13(19)6-12(8)18/h1-7,16,18-19H. The largest absolute Gasteiger partial charge is 0.507 e. The Bertz CT molecular complexity index is 719. The topological polar surface area (TPSA) is 108 Å². The summed E-state index contributed by atoms with van der Waals surface area (Å²) in [5.74, 6) is -0.938.